The van der Waals surface area contributed by atoms with Crippen LogP contribution < -0.4 is 0 Å². The van der Waals surface area contributed by atoms with E-state index in [1.54, 1.807) is 17.8 Å². The summed E-state index contributed by atoms with van der Waals surface area (Å²) in [6.45, 7) is 4.42. The lowest BCUT2D eigenvalue weighted by Crippen LogP contribution is -2.53. The summed E-state index contributed by atoms with van der Waals surface area (Å²) >= 11 is 0. The van der Waals surface area contributed by atoms with Crippen LogP contribution in [0.3, 0.4) is 0 Å². The highest BCUT2D eigenvalue weighted by atomic mass is 16.4. The fourth-order valence-electron chi connectivity index (χ4n) is 3.22. The molecule has 6 heteroatoms. The molecule has 0 spiro atoms. The van der Waals surface area contributed by atoms with Crippen LogP contribution in [-0.4, -0.2) is 43.7 Å². The second-order valence-electron chi connectivity index (χ2n) is 5.65. The van der Waals surface area contributed by atoms with Crippen molar-refractivity contribution in [3.63, 3.8) is 0 Å². The van der Waals surface area contributed by atoms with Crippen LogP contribution in [0.5, 0.6) is 0 Å². The highest BCUT2D eigenvalue weighted by Crippen LogP contribution is 2.35. The van der Waals surface area contributed by atoms with Crippen molar-refractivity contribution in [3.8, 4) is 0 Å². The van der Waals surface area contributed by atoms with Gasteiger partial charge in [-0.1, -0.05) is 20.3 Å². The Labute approximate surface area is 124 Å². The Morgan fingerprint density at radius 2 is 2.14 bits per heavy atom. The topological polar surface area (TPSA) is 75.4 Å². The van der Waals surface area contributed by atoms with Crippen LogP contribution in [0.1, 0.15) is 55.7 Å². The monoisotopic (exact) mass is 293 g/mol. The van der Waals surface area contributed by atoms with E-state index >= 15 is 0 Å². The summed E-state index contributed by atoms with van der Waals surface area (Å²) in [7, 11) is 1.73. The van der Waals surface area contributed by atoms with Crippen LogP contribution in [0.25, 0.3) is 0 Å². The molecule has 0 aromatic carbocycles. The number of aliphatic carboxylic acids is 1. The molecule has 0 saturated carbocycles. The molecule has 21 heavy (non-hydrogen) atoms. The van der Waals surface area contributed by atoms with E-state index in [1.165, 1.54) is 4.90 Å². The highest BCUT2D eigenvalue weighted by Gasteiger charge is 2.49. The van der Waals surface area contributed by atoms with Gasteiger partial charge in [-0.2, -0.15) is 5.10 Å². The van der Waals surface area contributed by atoms with Crippen molar-refractivity contribution in [1.82, 2.24) is 14.7 Å². The fraction of sp³-hybridized carbons (Fsp3) is 0.667. The molecule has 0 bridgehead atoms. The Bertz CT molecular complexity index is 552. The second kappa shape index (κ2) is 5.87. The molecule has 1 aliphatic rings. The molecule has 2 heterocycles. The van der Waals surface area contributed by atoms with Gasteiger partial charge in [0.25, 0.3) is 5.91 Å². The van der Waals surface area contributed by atoms with Gasteiger partial charge in [-0.05, 0) is 31.7 Å². The number of rotatable bonds is 5. The number of carbonyl (C=O) groups excluding carboxylic acids is 1. The first-order valence-corrected chi connectivity index (χ1v) is 7.54. The number of hydrogen-bond acceptors (Lipinski definition) is 3. The Morgan fingerprint density at radius 3 is 2.67 bits per heavy atom. The zero-order valence-electron chi connectivity index (χ0n) is 12.9. The van der Waals surface area contributed by atoms with Crippen LogP contribution in [0.4, 0.5) is 0 Å². The van der Waals surface area contributed by atoms with Crippen molar-refractivity contribution in [2.45, 2.75) is 51.5 Å². The molecular formula is C15H23N3O3. The van der Waals surface area contributed by atoms with Gasteiger partial charge in [0.1, 0.15) is 11.2 Å². The Hall–Kier alpha value is -1.85. The van der Waals surface area contributed by atoms with E-state index in [-0.39, 0.29) is 5.91 Å². The SMILES string of the molecule is CCCC1(C(=O)O)CCCN1C(=O)c1cc(CC)nn1C. The number of aryl methyl sites for hydroxylation is 2. The molecule has 1 unspecified atom stereocenters. The van der Waals surface area contributed by atoms with Crippen LogP contribution in [0, 0.1) is 0 Å². The van der Waals surface area contributed by atoms with Gasteiger partial charge in [0.15, 0.2) is 0 Å². The number of likely N-dealkylation sites (tertiary alicyclic amines) is 1. The lowest BCUT2D eigenvalue weighted by atomic mass is 9.90. The maximum atomic E-state index is 12.8. The first-order chi connectivity index (χ1) is 9.96. The predicted octanol–water partition coefficient (Wildman–Crippen LogP) is 1.84. The third-order valence-electron chi connectivity index (χ3n) is 4.31. The number of nitrogens with zero attached hydrogens (tertiary/aromatic N) is 3. The van der Waals surface area contributed by atoms with Gasteiger partial charge >= 0.3 is 5.97 Å². The highest BCUT2D eigenvalue weighted by molar-refractivity contribution is 5.97. The molecule has 1 fully saturated rings. The lowest BCUT2D eigenvalue weighted by Gasteiger charge is -2.34. The second-order valence-corrected chi connectivity index (χ2v) is 5.65. The maximum absolute atomic E-state index is 12.8. The van der Waals surface area contributed by atoms with Crippen molar-refractivity contribution in [3.05, 3.63) is 17.5 Å². The van der Waals surface area contributed by atoms with E-state index in [2.05, 4.69) is 5.10 Å². The lowest BCUT2D eigenvalue weighted by molar-refractivity contribution is -0.148. The van der Waals surface area contributed by atoms with Crippen molar-refractivity contribution in [2.24, 2.45) is 7.05 Å². The molecular weight excluding hydrogens is 270 g/mol. The third kappa shape index (κ3) is 2.54. The number of carboxylic acid groups (broad SMARTS) is 1. The predicted molar refractivity (Wildman–Crippen MR) is 78.1 cm³/mol. The van der Waals surface area contributed by atoms with Crippen LogP contribution in [-0.2, 0) is 18.3 Å². The van der Waals surface area contributed by atoms with Gasteiger partial charge in [-0.3, -0.25) is 9.48 Å². The molecule has 1 aromatic heterocycles. The summed E-state index contributed by atoms with van der Waals surface area (Å²) in [4.78, 5) is 26.1. The van der Waals surface area contributed by atoms with E-state index in [9.17, 15) is 14.7 Å². The van der Waals surface area contributed by atoms with Crippen LogP contribution in [0.15, 0.2) is 6.07 Å². The third-order valence-corrected chi connectivity index (χ3v) is 4.31. The zero-order chi connectivity index (χ0) is 15.6. The number of amides is 1. The van der Waals surface area contributed by atoms with Gasteiger partial charge in [0, 0.05) is 13.6 Å². The number of carboxylic acids is 1. The molecule has 1 N–H and O–H groups in total. The minimum absolute atomic E-state index is 0.224. The first kappa shape index (κ1) is 15.5. The standard InChI is InChI=1S/C15H23N3O3/c1-4-7-15(14(20)21)8-6-9-18(15)13(19)12-10-11(5-2)16-17(12)3/h10H,4-9H2,1-3H3,(H,20,21). The zero-order valence-corrected chi connectivity index (χ0v) is 12.9. The van der Waals surface area contributed by atoms with Crippen molar-refractivity contribution < 1.29 is 14.7 Å². The van der Waals surface area contributed by atoms with Gasteiger partial charge in [0.2, 0.25) is 0 Å². The minimum atomic E-state index is -1.05. The molecule has 1 aromatic rings. The molecule has 6 nitrogen and oxygen atoms in total. The molecule has 1 atom stereocenters. The van der Waals surface area contributed by atoms with Crippen molar-refractivity contribution in [2.75, 3.05) is 6.54 Å². The summed E-state index contributed by atoms with van der Waals surface area (Å²) in [6, 6.07) is 1.76. The van der Waals surface area contributed by atoms with Crippen LogP contribution in [0.2, 0.25) is 0 Å². The molecule has 2 rings (SSSR count). The normalized spacial score (nSPS) is 21.8. The van der Waals surface area contributed by atoms with E-state index in [1.807, 2.05) is 13.8 Å². The smallest absolute Gasteiger partial charge is 0.329 e. The van der Waals surface area contributed by atoms with Crippen LogP contribution >= 0.6 is 0 Å². The summed E-state index contributed by atoms with van der Waals surface area (Å²) < 4.78 is 1.55. The Morgan fingerprint density at radius 1 is 1.43 bits per heavy atom. The number of carbonyl (C=O) groups is 2. The summed E-state index contributed by atoms with van der Waals surface area (Å²) in [5.41, 5.74) is 0.259. The molecule has 116 valence electrons. The Kier molecular flexibility index (Phi) is 4.34. The molecule has 1 aliphatic heterocycles. The molecule has 0 radical (unpaired) electrons. The van der Waals surface area contributed by atoms with E-state index in [0.717, 1.165) is 25.0 Å². The van der Waals surface area contributed by atoms with Crippen molar-refractivity contribution >= 4 is 11.9 Å². The number of hydrogen-bond donors (Lipinski definition) is 1. The van der Waals surface area contributed by atoms with E-state index < -0.39 is 11.5 Å². The minimum Gasteiger partial charge on any atom is -0.479 e. The molecule has 1 saturated heterocycles. The van der Waals surface area contributed by atoms with Gasteiger partial charge in [-0.15, -0.1) is 0 Å². The summed E-state index contributed by atoms with van der Waals surface area (Å²) in [5, 5.41) is 13.9. The Balaban J connectivity index is 2.36. The summed E-state index contributed by atoms with van der Waals surface area (Å²) in [5.74, 6) is -1.12. The quantitative estimate of drug-likeness (QED) is 0.899. The van der Waals surface area contributed by atoms with E-state index in [4.69, 9.17) is 0 Å². The average molecular weight is 293 g/mol. The first-order valence-electron chi connectivity index (χ1n) is 7.54. The summed E-state index contributed by atoms with van der Waals surface area (Å²) in [6.07, 6.45) is 3.24. The average Bonchev–Trinajstić information content (AvgIpc) is 3.03. The number of aromatic nitrogens is 2. The van der Waals surface area contributed by atoms with Gasteiger partial charge in [-0.25, -0.2) is 4.79 Å². The van der Waals surface area contributed by atoms with E-state index in [0.29, 0.717) is 25.1 Å². The van der Waals surface area contributed by atoms with Gasteiger partial charge < -0.3 is 10.0 Å². The maximum Gasteiger partial charge on any atom is 0.329 e. The fourth-order valence-corrected chi connectivity index (χ4v) is 3.22. The largest absolute Gasteiger partial charge is 0.479 e. The van der Waals surface area contributed by atoms with Gasteiger partial charge in [0.05, 0.1) is 5.69 Å². The molecule has 1 amide bonds. The molecule has 0 aliphatic carbocycles. The van der Waals surface area contributed by atoms with Crippen molar-refractivity contribution in [1.29, 1.82) is 0 Å².